The molecule has 0 aliphatic carbocycles. The lowest BCUT2D eigenvalue weighted by atomic mass is 10.0. The van der Waals surface area contributed by atoms with E-state index in [1.807, 2.05) is 31.2 Å². The molecule has 25 heavy (non-hydrogen) atoms. The monoisotopic (exact) mass is 350 g/mol. The van der Waals surface area contributed by atoms with Gasteiger partial charge < -0.3 is 5.32 Å². The van der Waals surface area contributed by atoms with Crippen LogP contribution in [0.25, 0.3) is 10.9 Å². The van der Waals surface area contributed by atoms with Crippen LogP contribution in [0, 0.1) is 27.7 Å². The first-order valence-corrected chi connectivity index (χ1v) is 9.30. The van der Waals surface area contributed by atoms with Gasteiger partial charge in [-0.3, -0.25) is 4.79 Å². The Morgan fingerprint density at radius 1 is 0.960 bits per heavy atom. The number of anilines is 1. The topological polar surface area (TPSA) is 42.0 Å². The van der Waals surface area contributed by atoms with Crippen molar-refractivity contribution in [2.75, 3.05) is 11.1 Å². The van der Waals surface area contributed by atoms with Crippen LogP contribution in [0.1, 0.15) is 22.3 Å². The van der Waals surface area contributed by atoms with Gasteiger partial charge in [0, 0.05) is 11.1 Å². The molecule has 0 spiro atoms. The van der Waals surface area contributed by atoms with Crippen molar-refractivity contribution in [3.8, 4) is 0 Å². The van der Waals surface area contributed by atoms with Gasteiger partial charge in [-0.15, -0.1) is 0 Å². The van der Waals surface area contributed by atoms with Gasteiger partial charge in [-0.25, -0.2) is 4.98 Å². The van der Waals surface area contributed by atoms with Gasteiger partial charge in [0.05, 0.1) is 11.3 Å². The van der Waals surface area contributed by atoms with E-state index in [4.69, 9.17) is 4.98 Å². The molecule has 1 N–H and O–H groups in total. The molecule has 3 nitrogen and oxygen atoms in total. The van der Waals surface area contributed by atoms with Crippen LogP contribution in [0.15, 0.2) is 47.5 Å². The SMILES string of the molecule is Cc1ccccc1NC(=O)CSc1nc2c(C)ccc(C)c2cc1C. The van der Waals surface area contributed by atoms with E-state index in [1.54, 1.807) is 0 Å². The first-order chi connectivity index (χ1) is 12.0. The second kappa shape index (κ2) is 7.28. The van der Waals surface area contributed by atoms with E-state index in [-0.39, 0.29) is 5.91 Å². The highest BCUT2D eigenvalue weighted by atomic mass is 32.2. The molecule has 0 radical (unpaired) electrons. The molecular weight excluding hydrogens is 328 g/mol. The predicted molar refractivity (Wildman–Crippen MR) is 106 cm³/mol. The third-order valence-corrected chi connectivity index (χ3v) is 5.40. The molecule has 0 atom stereocenters. The average molecular weight is 350 g/mol. The zero-order valence-corrected chi connectivity index (χ0v) is 15.8. The number of aromatic nitrogens is 1. The summed E-state index contributed by atoms with van der Waals surface area (Å²) in [6.45, 7) is 8.22. The van der Waals surface area contributed by atoms with Crippen molar-refractivity contribution in [2.24, 2.45) is 0 Å². The summed E-state index contributed by atoms with van der Waals surface area (Å²) in [5.74, 6) is 0.333. The van der Waals surface area contributed by atoms with Gasteiger partial charge in [0.15, 0.2) is 0 Å². The van der Waals surface area contributed by atoms with Crippen LogP contribution in [-0.2, 0) is 4.79 Å². The van der Waals surface area contributed by atoms with Crippen molar-refractivity contribution in [2.45, 2.75) is 32.7 Å². The van der Waals surface area contributed by atoms with Gasteiger partial charge in [-0.05, 0) is 62.1 Å². The third kappa shape index (κ3) is 3.85. The number of aryl methyl sites for hydroxylation is 4. The number of hydrogen-bond acceptors (Lipinski definition) is 3. The minimum Gasteiger partial charge on any atom is -0.325 e. The number of thioether (sulfide) groups is 1. The summed E-state index contributed by atoms with van der Waals surface area (Å²) in [5.41, 5.74) is 6.44. The van der Waals surface area contributed by atoms with Crippen LogP contribution in [0.3, 0.4) is 0 Å². The van der Waals surface area contributed by atoms with E-state index < -0.39 is 0 Å². The molecule has 128 valence electrons. The van der Waals surface area contributed by atoms with Gasteiger partial charge in [-0.1, -0.05) is 42.1 Å². The molecular formula is C21H22N2OS. The minimum absolute atomic E-state index is 0.0124. The first-order valence-electron chi connectivity index (χ1n) is 8.31. The lowest BCUT2D eigenvalue weighted by molar-refractivity contribution is -0.113. The summed E-state index contributed by atoms with van der Waals surface area (Å²) in [5, 5.41) is 5.07. The number of carbonyl (C=O) groups is 1. The molecule has 0 aliphatic heterocycles. The zero-order chi connectivity index (χ0) is 18.0. The Morgan fingerprint density at radius 2 is 1.68 bits per heavy atom. The molecule has 0 bridgehead atoms. The number of para-hydroxylation sites is 1. The van der Waals surface area contributed by atoms with Crippen molar-refractivity contribution in [1.29, 1.82) is 0 Å². The second-order valence-electron chi connectivity index (χ2n) is 6.36. The number of rotatable bonds is 4. The van der Waals surface area contributed by atoms with Crippen molar-refractivity contribution in [3.63, 3.8) is 0 Å². The fourth-order valence-corrected chi connectivity index (χ4v) is 3.58. The fourth-order valence-electron chi connectivity index (χ4n) is 2.80. The summed E-state index contributed by atoms with van der Waals surface area (Å²) >= 11 is 1.49. The Hall–Kier alpha value is -2.33. The highest BCUT2D eigenvalue weighted by Gasteiger charge is 2.11. The zero-order valence-electron chi connectivity index (χ0n) is 15.0. The molecule has 1 heterocycles. The Kier molecular flexibility index (Phi) is 5.09. The molecule has 0 aliphatic rings. The molecule has 1 amide bonds. The highest BCUT2D eigenvalue weighted by molar-refractivity contribution is 8.00. The Balaban J connectivity index is 1.77. The van der Waals surface area contributed by atoms with Gasteiger partial charge >= 0.3 is 0 Å². The molecule has 3 rings (SSSR count). The summed E-state index contributed by atoms with van der Waals surface area (Å²) in [4.78, 5) is 17.1. The van der Waals surface area contributed by atoms with Crippen LogP contribution >= 0.6 is 11.8 Å². The Bertz CT molecular complexity index is 950. The number of pyridine rings is 1. The van der Waals surface area contributed by atoms with E-state index in [1.165, 1.54) is 22.7 Å². The maximum Gasteiger partial charge on any atom is 0.234 e. The molecule has 4 heteroatoms. The number of nitrogens with one attached hydrogen (secondary N) is 1. The first kappa shape index (κ1) is 17.5. The molecule has 0 saturated heterocycles. The van der Waals surface area contributed by atoms with Gasteiger partial charge in [0.1, 0.15) is 5.03 Å². The van der Waals surface area contributed by atoms with E-state index in [2.05, 4.69) is 44.3 Å². The number of amides is 1. The average Bonchev–Trinajstić information content (AvgIpc) is 2.59. The van der Waals surface area contributed by atoms with E-state index in [0.29, 0.717) is 5.75 Å². The summed E-state index contributed by atoms with van der Waals surface area (Å²) in [6, 6.07) is 14.2. The fraction of sp³-hybridized carbons (Fsp3) is 0.238. The van der Waals surface area contributed by atoms with Crippen molar-refractivity contribution < 1.29 is 4.79 Å². The lowest BCUT2D eigenvalue weighted by Gasteiger charge is -2.11. The number of nitrogens with zero attached hydrogens (tertiary/aromatic N) is 1. The Morgan fingerprint density at radius 3 is 2.44 bits per heavy atom. The number of hydrogen-bond donors (Lipinski definition) is 1. The van der Waals surface area contributed by atoms with E-state index in [0.717, 1.165) is 32.9 Å². The number of benzene rings is 2. The van der Waals surface area contributed by atoms with Crippen LogP contribution in [0.4, 0.5) is 5.69 Å². The maximum atomic E-state index is 12.3. The van der Waals surface area contributed by atoms with Crippen LogP contribution in [-0.4, -0.2) is 16.6 Å². The predicted octanol–water partition coefficient (Wildman–Crippen LogP) is 5.20. The summed E-state index contributed by atoms with van der Waals surface area (Å²) < 4.78 is 0. The number of fused-ring (bicyclic) bond motifs is 1. The van der Waals surface area contributed by atoms with Crippen molar-refractivity contribution in [3.05, 3.63) is 64.7 Å². The van der Waals surface area contributed by atoms with Crippen LogP contribution in [0.2, 0.25) is 0 Å². The molecule has 0 fully saturated rings. The molecule has 2 aromatic carbocycles. The van der Waals surface area contributed by atoms with Gasteiger partial charge in [0.2, 0.25) is 5.91 Å². The largest absolute Gasteiger partial charge is 0.325 e. The quantitative estimate of drug-likeness (QED) is 0.658. The highest BCUT2D eigenvalue weighted by Crippen LogP contribution is 2.28. The molecule has 3 aromatic rings. The molecule has 1 aromatic heterocycles. The van der Waals surface area contributed by atoms with E-state index >= 15 is 0 Å². The summed E-state index contributed by atoms with van der Waals surface area (Å²) in [7, 11) is 0. The normalized spacial score (nSPS) is 10.9. The Labute approximate surface area is 152 Å². The van der Waals surface area contributed by atoms with Crippen molar-refractivity contribution >= 4 is 34.3 Å². The molecule has 0 saturated carbocycles. The standard InChI is InChI=1S/C21H22N2OS/c1-13-9-10-15(3)20-17(13)11-16(4)21(23-20)25-12-19(24)22-18-8-6-5-7-14(18)2/h5-11H,12H2,1-4H3,(H,22,24). The van der Waals surface area contributed by atoms with Gasteiger partial charge in [-0.2, -0.15) is 0 Å². The second-order valence-corrected chi connectivity index (χ2v) is 7.32. The minimum atomic E-state index is -0.0124. The molecule has 0 unspecified atom stereocenters. The smallest absolute Gasteiger partial charge is 0.234 e. The number of carbonyl (C=O) groups excluding carboxylic acids is 1. The van der Waals surface area contributed by atoms with Crippen LogP contribution in [0.5, 0.6) is 0 Å². The maximum absolute atomic E-state index is 12.3. The third-order valence-electron chi connectivity index (χ3n) is 4.31. The van der Waals surface area contributed by atoms with E-state index in [9.17, 15) is 4.79 Å². The van der Waals surface area contributed by atoms with Crippen molar-refractivity contribution in [1.82, 2.24) is 4.98 Å². The summed E-state index contributed by atoms with van der Waals surface area (Å²) in [6.07, 6.45) is 0. The van der Waals surface area contributed by atoms with Crippen LogP contribution < -0.4 is 5.32 Å². The lowest BCUT2D eigenvalue weighted by Crippen LogP contribution is -2.15. The van der Waals surface area contributed by atoms with Gasteiger partial charge in [0.25, 0.3) is 0 Å².